The van der Waals surface area contributed by atoms with Gasteiger partial charge in [0.1, 0.15) is 5.75 Å². The minimum Gasteiger partial charge on any atom is -0.496 e. The number of halogens is 3. The molecule has 0 bridgehead atoms. The molecule has 7 heteroatoms. The van der Waals surface area contributed by atoms with Crippen molar-refractivity contribution in [1.82, 2.24) is 5.32 Å². The Labute approximate surface area is 182 Å². The molecule has 0 radical (unpaired) electrons. The average molecular weight is 437 g/mol. The molecule has 1 N–H and O–H groups in total. The second kappa shape index (κ2) is 9.39. The molecule has 2 aromatic carbocycles. The van der Waals surface area contributed by atoms with Crippen LogP contribution in [0.25, 0.3) is 0 Å². The minimum atomic E-state index is -4.71. The Hall–Kier alpha value is -2.41. The molecule has 1 heterocycles. The maximum Gasteiger partial charge on any atom is 0.573 e. The van der Waals surface area contributed by atoms with Crippen LogP contribution in [0.2, 0.25) is 0 Å². The van der Waals surface area contributed by atoms with Crippen molar-refractivity contribution in [3.63, 3.8) is 0 Å². The van der Waals surface area contributed by atoms with Gasteiger partial charge in [0.05, 0.1) is 12.8 Å². The lowest BCUT2D eigenvalue weighted by molar-refractivity contribution is -0.274. The van der Waals surface area contributed by atoms with Crippen LogP contribution in [0.15, 0.2) is 42.5 Å². The molecule has 1 atom stereocenters. The fourth-order valence-electron chi connectivity index (χ4n) is 3.93. The van der Waals surface area contributed by atoms with Crippen LogP contribution in [0.4, 0.5) is 18.9 Å². The Bertz CT molecular complexity index is 878. The number of piperidine rings is 1. The number of para-hydroxylation sites is 2. The summed E-state index contributed by atoms with van der Waals surface area (Å²) >= 11 is 0. The summed E-state index contributed by atoms with van der Waals surface area (Å²) in [4.78, 5) is 1.96. The summed E-state index contributed by atoms with van der Waals surface area (Å²) in [6.07, 6.45) is -2.87. The zero-order valence-corrected chi connectivity index (χ0v) is 18.6. The molecule has 0 spiro atoms. The molecule has 1 saturated heterocycles. The lowest BCUT2D eigenvalue weighted by atomic mass is 9.86. The van der Waals surface area contributed by atoms with Gasteiger partial charge in [-0.05, 0) is 42.0 Å². The SMILES string of the molecule is COc1ccc(C(C)(C)C)cc1CNC1CCCN(c2ccccc2OC(F)(F)F)C1. The van der Waals surface area contributed by atoms with Crippen LogP contribution in [0.1, 0.15) is 44.7 Å². The third-order valence-electron chi connectivity index (χ3n) is 5.58. The minimum absolute atomic E-state index is 0.0326. The molecule has 1 aliphatic rings. The largest absolute Gasteiger partial charge is 0.573 e. The van der Waals surface area contributed by atoms with Crippen LogP contribution < -0.4 is 19.7 Å². The van der Waals surface area contributed by atoms with Crippen molar-refractivity contribution in [3.8, 4) is 11.5 Å². The molecule has 0 aliphatic carbocycles. The maximum atomic E-state index is 12.8. The van der Waals surface area contributed by atoms with Gasteiger partial charge in [-0.1, -0.05) is 45.0 Å². The van der Waals surface area contributed by atoms with Crippen molar-refractivity contribution in [2.24, 2.45) is 0 Å². The summed E-state index contributed by atoms with van der Waals surface area (Å²) in [5, 5.41) is 3.57. The predicted molar refractivity (Wildman–Crippen MR) is 117 cm³/mol. The van der Waals surface area contributed by atoms with Gasteiger partial charge in [0.25, 0.3) is 0 Å². The molecule has 1 unspecified atom stereocenters. The van der Waals surface area contributed by atoms with Gasteiger partial charge in [0.2, 0.25) is 0 Å². The Morgan fingerprint density at radius 3 is 2.48 bits per heavy atom. The van der Waals surface area contributed by atoms with E-state index >= 15 is 0 Å². The van der Waals surface area contributed by atoms with E-state index < -0.39 is 6.36 Å². The zero-order chi connectivity index (χ0) is 22.6. The molecule has 1 aliphatic heterocycles. The summed E-state index contributed by atoms with van der Waals surface area (Å²) in [6.45, 7) is 8.45. The van der Waals surface area contributed by atoms with Crippen LogP contribution in [0.5, 0.6) is 11.5 Å². The van der Waals surface area contributed by atoms with Gasteiger partial charge in [0, 0.05) is 31.2 Å². The average Bonchev–Trinajstić information content (AvgIpc) is 2.71. The lowest BCUT2D eigenvalue weighted by Gasteiger charge is -2.36. The van der Waals surface area contributed by atoms with Gasteiger partial charge in [-0.25, -0.2) is 0 Å². The number of methoxy groups -OCH3 is 1. The smallest absolute Gasteiger partial charge is 0.496 e. The highest BCUT2D eigenvalue weighted by atomic mass is 19.4. The maximum absolute atomic E-state index is 12.8. The van der Waals surface area contributed by atoms with Crippen molar-refractivity contribution in [2.75, 3.05) is 25.1 Å². The second-order valence-electron chi connectivity index (χ2n) is 8.96. The Morgan fingerprint density at radius 1 is 1.06 bits per heavy atom. The Kier molecular flexibility index (Phi) is 7.04. The van der Waals surface area contributed by atoms with Crippen molar-refractivity contribution >= 4 is 5.69 Å². The second-order valence-corrected chi connectivity index (χ2v) is 8.96. The quantitative estimate of drug-likeness (QED) is 0.635. The molecule has 2 aromatic rings. The highest BCUT2D eigenvalue weighted by molar-refractivity contribution is 5.59. The number of nitrogens with zero attached hydrogens (tertiary/aromatic N) is 1. The molecular weight excluding hydrogens is 405 g/mol. The summed E-state index contributed by atoms with van der Waals surface area (Å²) < 4.78 is 48.2. The number of hydrogen-bond donors (Lipinski definition) is 1. The first-order valence-corrected chi connectivity index (χ1v) is 10.6. The van der Waals surface area contributed by atoms with E-state index in [1.807, 2.05) is 11.0 Å². The van der Waals surface area contributed by atoms with Crippen LogP contribution in [0.3, 0.4) is 0 Å². The van der Waals surface area contributed by atoms with E-state index in [1.165, 1.54) is 11.6 Å². The monoisotopic (exact) mass is 436 g/mol. The van der Waals surface area contributed by atoms with Crippen LogP contribution in [0, 0.1) is 0 Å². The van der Waals surface area contributed by atoms with Gasteiger partial charge in [-0.3, -0.25) is 0 Å². The first-order chi connectivity index (χ1) is 14.6. The first kappa shape index (κ1) is 23.3. The number of rotatable bonds is 6. The van der Waals surface area contributed by atoms with Crippen molar-refractivity contribution in [2.45, 2.75) is 58.0 Å². The van der Waals surface area contributed by atoms with E-state index in [-0.39, 0.29) is 17.2 Å². The number of hydrogen-bond acceptors (Lipinski definition) is 4. The number of benzene rings is 2. The molecule has 4 nitrogen and oxygen atoms in total. The summed E-state index contributed by atoms with van der Waals surface area (Å²) in [7, 11) is 1.66. The van der Waals surface area contributed by atoms with E-state index in [2.05, 4.69) is 43.0 Å². The van der Waals surface area contributed by atoms with E-state index in [4.69, 9.17) is 4.74 Å². The van der Waals surface area contributed by atoms with E-state index in [0.29, 0.717) is 25.3 Å². The van der Waals surface area contributed by atoms with Crippen LogP contribution >= 0.6 is 0 Å². The third kappa shape index (κ3) is 6.29. The molecule has 1 fully saturated rings. The van der Waals surface area contributed by atoms with Gasteiger partial charge < -0.3 is 19.7 Å². The topological polar surface area (TPSA) is 33.7 Å². The molecule has 0 aromatic heterocycles. The van der Waals surface area contributed by atoms with Gasteiger partial charge in [0.15, 0.2) is 5.75 Å². The van der Waals surface area contributed by atoms with Crippen LogP contribution in [-0.2, 0) is 12.0 Å². The molecule has 31 heavy (non-hydrogen) atoms. The first-order valence-electron chi connectivity index (χ1n) is 10.6. The zero-order valence-electron chi connectivity index (χ0n) is 18.6. The molecular formula is C24H31F3N2O2. The van der Waals surface area contributed by atoms with Crippen molar-refractivity contribution in [3.05, 3.63) is 53.6 Å². The number of alkyl halides is 3. The summed E-state index contributed by atoms with van der Waals surface area (Å²) in [6, 6.07) is 12.7. The van der Waals surface area contributed by atoms with Gasteiger partial charge in [-0.2, -0.15) is 0 Å². The Balaban J connectivity index is 1.71. The molecule has 0 amide bonds. The normalized spacial score (nSPS) is 17.5. The van der Waals surface area contributed by atoms with Gasteiger partial charge in [-0.15, -0.1) is 13.2 Å². The van der Waals surface area contributed by atoms with Crippen molar-refractivity contribution in [1.29, 1.82) is 0 Å². The Morgan fingerprint density at radius 2 is 1.81 bits per heavy atom. The van der Waals surface area contributed by atoms with Crippen LogP contribution in [-0.4, -0.2) is 32.6 Å². The highest BCUT2D eigenvalue weighted by Gasteiger charge is 2.33. The summed E-state index contributed by atoms with van der Waals surface area (Å²) in [5.74, 6) is 0.673. The predicted octanol–water partition coefficient (Wildman–Crippen LogP) is 5.65. The standard InChI is InChI=1S/C24H31F3N2O2/c1-23(2,3)18-11-12-21(30-4)17(14-18)15-28-19-8-7-13-29(16-19)20-9-5-6-10-22(20)31-24(25,26)27/h5-6,9-12,14,19,28H,7-8,13,15-16H2,1-4H3. The van der Waals surface area contributed by atoms with E-state index in [1.54, 1.807) is 25.3 Å². The molecule has 170 valence electrons. The fraction of sp³-hybridized carbons (Fsp3) is 0.500. The summed E-state index contributed by atoms with van der Waals surface area (Å²) in [5.41, 5.74) is 2.81. The van der Waals surface area contributed by atoms with E-state index in [9.17, 15) is 13.2 Å². The lowest BCUT2D eigenvalue weighted by Crippen LogP contribution is -2.45. The van der Waals surface area contributed by atoms with E-state index in [0.717, 1.165) is 24.2 Å². The number of anilines is 1. The fourth-order valence-corrected chi connectivity index (χ4v) is 3.93. The highest BCUT2D eigenvalue weighted by Crippen LogP contribution is 2.34. The van der Waals surface area contributed by atoms with Gasteiger partial charge >= 0.3 is 6.36 Å². The number of nitrogens with one attached hydrogen (secondary N) is 1. The molecule has 0 saturated carbocycles. The molecule has 3 rings (SSSR count). The number of ether oxygens (including phenoxy) is 2. The van der Waals surface area contributed by atoms with Crippen molar-refractivity contribution < 1.29 is 22.6 Å². The third-order valence-corrected chi connectivity index (χ3v) is 5.58.